The molecular weight excluding hydrogens is 485 g/mol. The first-order valence-electron chi connectivity index (χ1n) is 7.68. The third kappa shape index (κ3) is 7.08. The van der Waals surface area contributed by atoms with Crippen molar-refractivity contribution in [3.05, 3.63) is 78.9 Å². The predicted octanol–water partition coefficient (Wildman–Crippen LogP) is 1.18. The fourth-order valence-corrected chi connectivity index (χ4v) is 7.46. The molecule has 3 rings (SSSR count). The first-order chi connectivity index (χ1) is 12.7. The zero-order valence-electron chi connectivity index (χ0n) is 15.8. The van der Waals surface area contributed by atoms with Crippen molar-refractivity contribution in [3.63, 3.8) is 0 Å². The molecule has 0 heterocycles. The first kappa shape index (κ1) is 28.2. The molecule has 142 valence electrons. The smallest absolute Gasteiger partial charge is 0.282 e. The summed E-state index contributed by atoms with van der Waals surface area (Å²) in [7, 11) is -10.8. The topological polar surface area (TPSA) is 109 Å². The Morgan fingerprint density at radius 1 is 0.552 bits per heavy atom. The van der Waals surface area contributed by atoms with Gasteiger partial charge in [-0.3, -0.25) is 9.11 Å². The molecule has 2 radical (unpaired) electrons. The SMILES string of the molecule is O=S(=O)(O)c1ccccc1P(c1ccccc1)c1ccccc1S(=O)(=O)O.[K].[K]. The average Bonchev–Trinajstić information content (AvgIpc) is 2.62. The zero-order chi connectivity index (χ0) is 19.7. The molecule has 0 atom stereocenters. The minimum atomic E-state index is -4.54. The predicted molar refractivity (Wildman–Crippen MR) is 116 cm³/mol. The summed E-state index contributed by atoms with van der Waals surface area (Å²) in [4.78, 5) is -0.602. The van der Waals surface area contributed by atoms with E-state index in [0.717, 1.165) is 0 Å². The summed E-state index contributed by atoms with van der Waals surface area (Å²) in [6, 6.07) is 20.5. The van der Waals surface area contributed by atoms with Gasteiger partial charge in [0.05, 0.1) is 0 Å². The Bertz CT molecular complexity index is 1110. The van der Waals surface area contributed by atoms with Crippen molar-refractivity contribution < 1.29 is 25.9 Å². The van der Waals surface area contributed by atoms with Gasteiger partial charge in [-0.2, -0.15) is 16.8 Å². The van der Waals surface area contributed by atoms with Crippen LogP contribution in [0.3, 0.4) is 0 Å². The van der Waals surface area contributed by atoms with Gasteiger partial charge < -0.3 is 0 Å². The molecule has 0 saturated heterocycles. The molecule has 0 aliphatic heterocycles. The Labute approximate surface area is 256 Å². The van der Waals surface area contributed by atoms with Gasteiger partial charge in [0.15, 0.2) is 0 Å². The Hall–Kier alpha value is 1.18. The van der Waals surface area contributed by atoms with Crippen LogP contribution < -0.4 is 15.9 Å². The van der Waals surface area contributed by atoms with Gasteiger partial charge >= 0.3 is 0 Å². The van der Waals surface area contributed by atoms with Crippen LogP contribution in [0.15, 0.2) is 88.7 Å². The van der Waals surface area contributed by atoms with Gasteiger partial charge in [0.25, 0.3) is 20.2 Å². The van der Waals surface area contributed by atoms with Gasteiger partial charge in [-0.1, -0.05) is 66.7 Å². The molecule has 0 bridgehead atoms. The van der Waals surface area contributed by atoms with Crippen molar-refractivity contribution in [2.24, 2.45) is 0 Å². The van der Waals surface area contributed by atoms with Gasteiger partial charge in [0.2, 0.25) is 0 Å². The van der Waals surface area contributed by atoms with E-state index in [9.17, 15) is 25.9 Å². The van der Waals surface area contributed by atoms with Crippen LogP contribution in [0.2, 0.25) is 0 Å². The van der Waals surface area contributed by atoms with Crippen LogP contribution in [0.1, 0.15) is 0 Å². The zero-order valence-corrected chi connectivity index (χ0v) is 24.6. The number of hydrogen-bond donors (Lipinski definition) is 2. The molecule has 0 unspecified atom stereocenters. The molecule has 3 aromatic rings. The van der Waals surface area contributed by atoms with Gasteiger partial charge in [0.1, 0.15) is 9.79 Å². The average molecular weight is 501 g/mol. The minimum Gasteiger partial charge on any atom is -0.282 e. The van der Waals surface area contributed by atoms with Crippen LogP contribution >= 0.6 is 7.92 Å². The summed E-state index contributed by atoms with van der Waals surface area (Å²) in [5.74, 6) is 0. The standard InChI is InChI=1S/C18H15O6PS2.2K/c19-26(20,21)17-12-6-4-10-15(17)25(14-8-2-1-3-9-14)16-11-5-7-13-18(16)27(22,23)24;;/h1-13H,(H,19,20,21)(H,22,23,24);;. The molecule has 0 aliphatic rings. The fraction of sp³-hybridized carbons (Fsp3) is 0. The Morgan fingerprint density at radius 2 is 0.897 bits per heavy atom. The van der Waals surface area contributed by atoms with E-state index in [2.05, 4.69) is 0 Å². The molecule has 11 heteroatoms. The van der Waals surface area contributed by atoms with E-state index in [1.165, 1.54) is 36.4 Å². The fourth-order valence-electron chi connectivity index (χ4n) is 2.71. The second-order valence-corrected chi connectivity index (χ2v) is 10.5. The Balaban J connectivity index is 0.00000210. The van der Waals surface area contributed by atoms with Crippen LogP contribution in [0, 0.1) is 0 Å². The summed E-state index contributed by atoms with van der Waals surface area (Å²) in [6.45, 7) is 0. The molecule has 0 aromatic heterocycles. The van der Waals surface area contributed by atoms with Crippen LogP contribution in [-0.2, 0) is 20.2 Å². The van der Waals surface area contributed by atoms with Crippen molar-refractivity contribution in [2.75, 3.05) is 0 Å². The van der Waals surface area contributed by atoms with Gasteiger partial charge in [-0.05, 0) is 25.4 Å². The van der Waals surface area contributed by atoms with Crippen molar-refractivity contribution in [1.82, 2.24) is 0 Å². The monoisotopic (exact) mass is 500 g/mol. The molecule has 0 amide bonds. The summed E-state index contributed by atoms with van der Waals surface area (Å²) in [6.07, 6.45) is 0. The van der Waals surface area contributed by atoms with E-state index in [0.29, 0.717) is 5.30 Å². The normalized spacial score (nSPS) is 11.4. The van der Waals surface area contributed by atoms with E-state index < -0.39 is 28.2 Å². The Morgan fingerprint density at radius 3 is 1.28 bits per heavy atom. The van der Waals surface area contributed by atoms with Gasteiger partial charge in [0, 0.05) is 113 Å². The quantitative estimate of drug-likeness (QED) is 0.309. The van der Waals surface area contributed by atoms with E-state index in [1.54, 1.807) is 42.5 Å². The van der Waals surface area contributed by atoms with E-state index in [-0.39, 0.29) is 123 Å². The third-order valence-electron chi connectivity index (χ3n) is 3.78. The molecule has 0 spiro atoms. The van der Waals surface area contributed by atoms with Crippen LogP contribution in [-0.4, -0.2) is 129 Å². The number of benzene rings is 3. The number of hydrogen-bond acceptors (Lipinski definition) is 4. The molecule has 29 heavy (non-hydrogen) atoms. The van der Waals surface area contributed by atoms with Crippen LogP contribution in [0.5, 0.6) is 0 Å². The second-order valence-electron chi connectivity index (χ2n) is 5.56. The van der Waals surface area contributed by atoms with Crippen molar-refractivity contribution in [3.8, 4) is 0 Å². The minimum absolute atomic E-state index is 0. The van der Waals surface area contributed by atoms with Crippen LogP contribution in [0.4, 0.5) is 0 Å². The van der Waals surface area contributed by atoms with E-state index in [4.69, 9.17) is 0 Å². The van der Waals surface area contributed by atoms with Crippen LogP contribution in [0.25, 0.3) is 0 Å². The number of rotatable bonds is 5. The first-order valence-corrected chi connectivity index (χ1v) is 11.9. The molecule has 6 nitrogen and oxygen atoms in total. The second kappa shape index (κ2) is 11.9. The molecule has 0 aliphatic carbocycles. The molecule has 0 saturated carbocycles. The molecule has 0 fully saturated rings. The summed E-state index contributed by atoms with van der Waals surface area (Å²) in [5.41, 5.74) is 0. The van der Waals surface area contributed by atoms with Crippen molar-refractivity contribution in [1.29, 1.82) is 0 Å². The molecular formula is C18H15K2O6PS2. The molecule has 2 N–H and O–H groups in total. The van der Waals surface area contributed by atoms with Gasteiger partial charge in [-0.25, -0.2) is 0 Å². The maximum atomic E-state index is 11.9. The van der Waals surface area contributed by atoms with E-state index >= 15 is 0 Å². The molecule has 3 aromatic carbocycles. The van der Waals surface area contributed by atoms with E-state index in [1.807, 2.05) is 0 Å². The maximum absolute atomic E-state index is 11.9. The third-order valence-corrected chi connectivity index (χ3v) is 8.47. The Kier molecular flexibility index (Phi) is 11.6. The summed E-state index contributed by atoms with van der Waals surface area (Å²) >= 11 is 0. The van der Waals surface area contributed by atoms with Crippen molar-refractivity contribution >= 4 is 147 Å². The summed E-state index contributed by atoms with van der Waals surface area (Å²) in [5, 5.41) is 1.19. The van der Waals surface area contributed by atoms with Gasteiger partial charge in [-0.15, -0.1) is 0 Å². The summed E-state index contributed by atoms with van der Waals surface area (Å²) < 4.78 is 66.9. The van der Waals surface area contributed by atoms with Crippen molar-refractivity contribution in [2.45, 2.75) is 9.79 Å². The maximum Gasteiger partial charge on any atom is 0.295 e. The largest absolute Gasteiger partial charge is 0.295 e.